The van der Waals surface area contributed by atoms with Crippen molar-refractivity contribution in [1.82, 2.24) is 14.1 Å². The van der Waals surface area contributed by atoms with Crippen molar-refractivity contribution in [3.8, 4) is 33.9 Å². The van der Waals surface area contributed by atoms with Crippen molar-refractivity contribution in [3.63, 3.8) is 0 Å². The van der Waals surface area contributed by atoms with Gasteiger partial charge in [-0.05, 0) is 90.3 Å². The highest BCUT2D eigenvalue weighted by Crippen LogP contribution is 2.42. The molecule has 0 atom stereocenters. The van der Waals surface area contributed by atoms with Crippen LogP contribution in [0, 0.1) is 6.92 Å². The Balaban J connectivity index is 1.13. The van der Waals surface area contributed by atoms with Crippen LogP contribution >= 0.6 is 11.3 Å². The molecule has 0 bridgehead atoms. The first kappa shape index (κ1) is 27.2. The third kappa shape index (κ3) is 4.03. The van der Waals surface area contributed by atoms with Gasteiger partial charge in [0.05, 0.1) is 22.1 Å². The van der Waals surface area contributed by atoms with Crippen LogP contribution in [-0.4, -0.2) is 14.1 Å². The van der Waals surface area contributed by atoms with Gasteiger partial charge in [0.15, 0.2) is 0 Å². The van der Waals surface area contributed by atoms with Crippen LogP contribution in [0.25, 0.3) is 86.9 Å². The maximum atomic E-state index is 5.18. The molecule has 0 unspecified atom stereocenters. The van der Waals surface area contributed by atoms with Gasteiger partial charge in [0.2, 0.25) is 0 Å². The predicted molar refractivity (Wildman–Crippen MR) is 204 cm³/mol. The molecule has 226 valence electrons. The Morgan fingerprint density at radius 1 is 0.479 bits per heavy atom. The highest BCUT2D eigenvalue weighted by atomic mass is 32.1. The van der Waals surface area contributed by atoms with Crippen LogP contribution in [0.1, 0.15) is 5.56 Å². The minimum Gasteiger partial charge on any atom is -0.309 e. The van der Waals surface area contributed by atoms with Crippen LogP contribution < -0.4 is 0 Å². The van der Waals surface area contributed by atoms with E-state index in [9.17, 15) is 0 Å². The summed E-state index contributed by atoms with van der Waals surface area (Å²) in [5.41, 5.74) is 11.6. The number of hydrogen-bond donors (Lipinski definition) is 0. The van der Waals surface area contributed by atoms with Gasteiger partial charge in [0.1, 0.15) is 5.82 Å². The molecule has 0 N–H and O–H groups in total. The zero-order valence-electron chi connectivity index (χ0n) is 26.3. The van der Waals surface area contributed by atoms with E-state index in [0.717, 1.165) is 33.8 Å². The van der Waals surface area contributed by atoms with E-state index in [2.05, 4.69) is 174 Å². The van der Waals surface area contributed by atoms with Crippen LogP contribution in [-0.2, 0) is 0 Å². The molecule has 0 aliphatic carbocycles. The second-order valence-electron chi connectivity index (χ2n) is 12.5. The largest absolute Gasteiger partial charge is 0.309 e. The molecule has 0 saturated heterocycles. The summed E-state index contributed by atoms with van der Waals surface area (Å²) < 4.78 is 7.34. The number of benzene rings is 7. The van der Waals surface area contributed by atoms with Crippen molar-refractivity contribution in [1.29, 1.82) is 0 Å². The maximum Gasteiger partial charge on any atom is 0.145 e. The summed E-state index contributed by atoms with van der Waals surface area (Å²) in [6.07, 6.45) is 0. The van der Waals surface area contributed by atoms with E-state index in [1.807, 2.05) is 11.3 Å². The minimum absolute atomic E-state index is 0.944. The predicted octanol–water partition coefficient (Wildman–Crippen LogP) is 12.1. The number of aryl methyl sites for hydroxylation is 1. The summed E-state index contributed by atoms with van der Waals surface area (Å²) in [7, 11) is 0. The Morgan fingerprint density at radius 3 is 2.02 bits per heavy atom. The molecule has 0 aliphatic heterocycles. The Hall–Kier alpha value is -5.97. The Labute approximate surface area is 281 Å². The Bertz CT molecular complexity index is 2830. The van der Waals surface area contributed by atoms with Crippen molar-refractivity contribution in [2.75, 3.05) is 0 Å². The van der Waals surface area contributed by atoms with Gasteiger partial charge in [-0.3, -0.25) is 4.57 Å². The molecular formula is C44H29N3S. The zero-order valence-corrected chi connectivity index (χ0v) is 27.1. The van der Waals surface area contributed by atoms with Gasteiger partial charge in [-0.2, -0.15) is 0 Å². The molecule has 48 heavy (non-hydrogen) atoms. The second-order valence-corrected chi connectivity index (χ2v) is 13.5. The van der Waals surface area contributed by atoms with Crippen LogP contribution in [0.2, 0.25) is 0 Å². The molecule has 3 aromatic heterocycles. The fraction of sp³-hybridized carbons (Fsp3) is 0.0227. The van der Waals surface area contributed by atoms with Crippen molar-refractivity contribution in [2.45, 2.75) is 6.92 Å². The first-order chi connectivity index (χ1) is 23.7. The summed E-state index contributed by atoms with van der Waals surface area (Å²) in [5.74, 6) is 0.944. The number of hydrogen-bond acceptors (Lipinski definition) is 2. The Kier molecular flexibility index (Phi) is 5.96. The maximum absolute atomic E-state index is 5.18. The topological polar surface area (TPSA) is 22.8 Å². The SMILES string of the molecule is Cc1cccc2c1nc(-c1ccc(-n3c4ccccc4c4cc(-c5cccc6c5sc5ccccc56)ccc43)cc1)n2-c1ccccc1. The van der Waals surface area contributed by atoms with E-state index >= 15 is 0 Å². The molecule has 3 heterocycles. The van der Waals surface area contributed by atoms with Gasteiger partial charge in [0.25, 0.3) is 0 Å². The van der Waals surface area contributed by atoms with Crippen molar-refractivity contribution in [2.24, 2.45) is 0 Å². The smallest absolute Gasteiger partial charge is 0.145 e. The fourth-order valence-corrected chi connectivity index (χ4v) is 8.66. The quantitative estimate of drug-likeness (QED) is 0.189. The van der Waals surface area contributed by atoms with E-state index in [1.54, 1.807) is 0 Å². The van der Waals surface area contributed by atoms with E-state index < -0.39 is 0 Å². The number of fused-ring (bicyclic) bond motifs is 7. The molecule has 3 nitrogen and oxygen atoms in total. The standard InChI is InChI=1S/C44H29N3S/c1-28-11-9-19-40-42(28)45-44(47(40)31-12-3-2-4-13-31)29-21-24-32(25-22-29)46-38-18-7-5-14-34(38)37-27-30(23-26-39(37)46)33-16-10-17-36-35-15-6-8-20-41(35)48-43(33)36/h2-27H,1H3. The number of para-hydroxylation sites is 3. The monoisotopic (exact) mass is 631 g/mol. The highest BCUT2D eigenvalue weighted by Gasteiger charge is 2.18. The van der Waals surface area contributed by atoms with Crippen molar-refractivity contribution < 1.29 is 0 Å². The summed E-state index contributed by atoms with van der Waals surface area (Å²) in [6.45, 7) is 2.13. The number of nitrogens with zero attached hydrogens (tertiary/aromatic N) is 3. The van der Waals surface area contributed by atoms with Gasteiger partial charge in [-0.1, -0.05) is 91.0 Å². The van der Waals surface area contributed by atoms with Gasteiger partial charge in [-0.15, -0.1) is 11.3 Å². The van der Waals surface area contributed by atoms with E-state index in [-0.39, 0.29) is 0 Å². The molecule has 0 radical (unpaired) electrons. The summed E-state index contributed by atoms with van der Waals surface area (Å²) >= 11 is 1.88. The van der Waals surface area contributed by atoms with Crippen LogP contribution in [0.4, 0.5) is 0 Å². The van der Waals surface area contributed by atoms with Gasteiger partial charge in [-0.25, -0.2) is 4.98 Å². The average Bonchev–Trinajstić information content (AvgIpc) is 3.82. The van der Waals surface area contributed by atoms with Gasteiger partial charge >= 0.3 is 0 Å². The molecule has 0 spiro atoms. The third-order valence-electron chi connectivity index (χ3n) is 9.67. The summed E-state index contributed by atoms with van der Waals surface area (Å²) in [6, 6.07) is 57.0. The number of rotatable bonds is 4. The molecule has 0 fully saturated rings. The zero-order chi connectivity index (χ0) is 31.8. The lowest BCUT2D eigenvalue weighted by atomic mass is 10.0. The molecule has 4 heteroatoms. The molecule has 0 amide bonds. The van der Waals surface area contributed by atoms with Crippen LogP contribution in [0.5, 0.6) is 0 Å². The number of imidazole rings is 1. The normalized spacial score (nSPS) is 11.9. The third-order valence-corrected chi connectivity index (χ3v) is 10.9. The highest BCUT2D eigenvalue weighted by molar-refractivity contribution is 7.26. The molecule has 7 aromatic carbocycles. The molecule has 0 saturated carbocycles. The second kappa shape index (κ2) is 10.5. The lowest BCUT2D eigenvalue weighted by Gasteiger charge is -2.12. The summed E-state index contributed by atoms with van der Waals surface area (Å²) in [4.78, 5) is 5.18. The Morgan fingerprint density at radius 2 is 1.15 bits per heavy atom. The van der Waals surface area contributed by atoms with Crippen LogP contribution in [0.3, 0.4) is 0 Å². The number of aromatic nitrogens is 3. The number of thiophene rings is 1. The molecular weight excluding hydrogens is 603 g/mol. The van der Waals surface area contributed by atoms with Crippen LogP contribution in [0.15, 0.2) is 158 Å². The van der Waals surface area contributed by atoms with Crippen molar-refractivity contribution >= 4 is 64.3 Å². The lowest BCUT2D eigenvalue weighted by Crippen LogP contribution is -1.98. The summed E-state index contributed by atoms with van der Waals surface area (Å²) in [5, 5.41) is 5.16. The molecule has 0 aliphatic rings. The van der Waals surface area contributed by atoms with E-state index in [0.29, 0.717) is 0 Å². The molecule has 10 rings (SSSR count). The van der Waals surface area contributed by atoms with Crippen molar-refractivity contribution in [3.05, 3.63) is 163 Å². The fourth-order valence-electron chi connectivity index (χ4n) is 7.42. The first-order valence-corrected chi connectivity index (χ1v) is 17.1. The average molecular weight is 632 g/mol. The molecule has 10 aromatic rings. The first-order valence-electron chi connectivity index (χ1n) is 16.3. The van der Waals surface area contributed by atoms with E-state index in [4.69, 9.17) is 4.98 Å². The van der Waals surface area contributed by atoms with Gasteiger partial charge in [0, 0.05) is 47.9 Å². The minimum atomic E-state index is 0.944. The van der Waals surface area contributed by atoms with Gasteiger partial charge < -0.3 is 4.57 Å². The van der Waals surface area contributed by atoms with E-state index in [1.165, 1.54) is 58.7 Å². The lowest BCUT2D eigenvalue weighted by molar-refractivity contribution is 1.10.